The summed E-state index contributed by atoms with van der Waals surface area (Å²) >= 11 is 0. The predicted octanol–water partition coefficient (Wildman–Crippen LogP) is 5.59. The molecule has 4 bridgehead atoms. The summed E-state index contributed by atoms with van der Waals surface area (Å²) in [6, 6.07) is 17.3. The average molecular weight is 478 g/mol. The molecular formula is C30H31N5O. The maximum absolute atomic E-state index is 13.1. The van der Waals surface area contributed by atoms with Gasteiger partial charge in [-0.15, -0.1) is 5.10 Å². The third-order valence-electron chi connectivity index (χ3n) is 8.59. The first-order valence-corrected chi connectivity index (χ1v) is 12.9. The molecule has 7 rings (SSSR count). The van der Waals surface area contributed by atoms with Crippen LogP contribution in [0.4, 0.5) is 5.69 Å². The van der Waals surface area contributed by atoms with Gasteiger partial charge in [-0.2, -0.15) is 5.26 Å². The normalized spacial score (nSPS) is 26.6. The molecule has 6 heteroatoms. The zero-order valence-electron chi connectivity index (χ0n) is 20.9. The van der Waals surface area contributed by atoms with Crippen LogP contribution in [0.1, 0.15) is 60.1 Å². The zero-order valence-corrected chi connectivity index (χ0v) is 20.9. The van der Waals surface area contributed by atoms with Crippen molar-refractivity contribution in [2.75, 3.05) is 19.0 Å². The molecule has 0 N–H and O–H groups in total. The summed E-state index contributed by atoms with van der Waals surface area (Å²) in [5.74, 6) is 2.25. The minimum Gasteiger partial charge on any atom is -0.378 e. The highest BCUT2D eigenvalue weighted by atomic mass is 16.1. The molecule has 4 saturated carbocycles. The van der Waals surface area contributed by atoms with Gasteiger partial charge in [0.15, 0.2) is 0 Å². The van der Waals surface area contributed by atoms with Crippen LogP contribution in [0.3, 0.4) is 0 Å². The van der Waals surface area contributed by atoms with Gasteiger partial charge >= 0.3 is 0 Å². The van der Waals surface area contributed by atoms with E-state index in [1.54, 1.807) is 18.2 Å². The molecule has 4 fully saturated rings. The van der Waals surface area contributed by atoms with Crippen LogP contribution in [-0.2, 0) is 5.41 Å². The van der Waals surface area contributed by atoms with E-state index in [0.29, 0.717) is 5.56 Å². The van der Waals surface area contributed by atoms with Gasteiger partial charge in [0.2, 0.25) is 5.78 Å². The molecule has 1 heterocycles. The van der Waals surface area contributed by atoms with E-state index < -0.39 is 0 Å². The Kier molecular flexibility index (Phi) is 5.52. The molecule has 0 radical (unpaired) electrons. The Balaban J connectivity index is 1.25. The number of benzene rings is 2. The maximum Gasteiger partial charge on any atom is 0.203 e. The number of ketones is 1. The predicted molar refractivity (Wildman–Crippen MR) is 140 cm³/mol. The number of aromatic nitrogens is 3. The van der Waals surface area contributed by atoms with Crippen molar-refractivity contribution in [2.45, 2.75) is 43.9 Å². The van der Waals surface area contributed by atoms with Gasteiger partial charge in [0, 0.05) is 30.8 Å². The summed E-state index contributed by atoms with van der Waals surface area (Å²) in [6.07, 6.45) is 11.5. The Bertz CT molecular complexity index is 1320. The standard InChI is InChI=1S/C30H31N5O/c1-34(2)26-7-3-20(4-8-26)14-25(18-31)29(36)24-5-9-27(10-6-24)35-28(19-32-33-35)30-15-21-11-22(16-30)13-23(12-21)17-30/h3-10,14,19,21-23H,11-13,15-17H2,1-2H3. The number of hydrogen-bond donors (Lipinski definition) is 0. The second kappa shape index (κ2) is 8.74. The van der Waals surface area contributed by atoms with Gasteiger partial charge in [0.1, 0.15) is 11.6 Å². The van der Waals surface area contributed by atoms with Gasteiger partial charge in [-0.1, -0.05) is 17.3 Å². The number of nitriles is 1. The molecular weight excluding hydrogens is 446 g/mol. The molecule has 0 unspecified atom stereocenters. The minimum atomic E-state index is -0.277. The average Bonchev–Trinajstić information content (AvgIpc) is 3.38. The van der Waals surface area contributed by atoms with Crippen molar-refractivity contribution in [3.63, 3.8) is 0 Å². The molecule has 6 nitrogen and oxygen atoms in total. The number of allylic oxidation sites excluding steroid dienone is 1. The molecule has 1 aromatic heterocycles. The molecule has 3 aromatic rings. The number of hydrogen-bond acceptors (Lipinski definition) is 5. The summed E-state index contributed by atoms with van der Waals surface area (Å²) < 4.78 is 1.98. The fourth-order valence-electron chi connectivity index (χ4n) is 7.31. The van der Waals surface area contributed by atoms with Crippen LogP contribution in [0.15, 0.2) is 60.3 Å². The molecule has 36 heavy (non-hydrogen) atoms. The van der Waals surface area contributed by atoms with E-state index in [9.17, 15) is 10.1 Å². The molecule has 0 spiro atoms. The number of Topliss-reactive ketones (excluding diaryl/α,β-unsaturated/α-hetero) is 1. The molecule has 2 aromatic carbocycles. The van der Waals surface area contributed by atoms with Gasteiger partial charge in [-0.25, -0.2) is 4.68 Å². The summed E-state index contributed by atoms with van der Waals surface area (Å²) in [6.45, 7) is 0. The van der Waals surface area contributed by atoms with E-state index in [-0.39, 0.29) is 16.8 Å². The van der Waals surface area contributed by atoms with Crippen molar-refractivity contribution in [1.82, 2.24) is 15.0 Å². The summed E-state index contributed by atoms with van der Waals surface area (Å²) in [5.41, 5.74) is 4.82. The zero-order chi connectivity index (χ0) is 24.9. The molecule has 4 aliphatic rings. The number of nitrogens with zero attached hydrogens (tertiary/aromatic N) is 5. The molecule has 0 atom stereocenters. The molecule has 4 aliphatic carbocycles. The SMILES string of the molecule is CN(C)c1ccc(C=C(C#N)C(=O)c2ccc(-n3nncc3C34CC5CC(CC(C5)C3)C4)cc2)cc1. The van der Waals surface area contributed by atoms with Crippen LogP contribution in [0, 0.1) is 29.1 Å². The molecule has 182 valence electrons. The first-order chi connectivity index (χ1) is 17.4. The summed E-state index contributed by atoms with van der Waals surface area (Å²) in [4.78, 5) is 15.1. The Hall–Kier alpha value is -3.72. The third-order valence-corrected chi connectivity index (χ3v) is 8.59. The van der Waals surface area contributed by atoms with E-state index in [4.69, 9.17) is 0 Å². The lowest BCUT2D eigenvalue weighted by Gasteiger charge is -2.56. The first kappa shape index (κ1) is 22.7. The fraction of sp³-hybridized carbons (Fsp3) is 0.400. The van der Waals surface area contributed by atoms with Crippen molar-refractivity contribution < 1.29 is 4.79 Å². The van der Waals surface area contributed by atoms with E-state index in [1.807, 2.05) is 66.3 Å². The highest BCUT2D eigenvalue weighted by Gasteiger charge is 2.53. The summed E-state index contributed by atoms with van der Waals surface area (Å²) in [5, 5.41) is 18.5. The van der Waals surface area contributed by atoms with Crippen LogP contribution in [0.5, 0.6) is 0 Å². The molecule has 0 amide bonds. The smallest absolute Gasteiger partial charge is 0.203 e. The van der Waals surface area contributed by atoms with Crippen molar-refractivity contribution in [1.29, 1.82) is 5.26 Å². The van der Waals surface area contributed by atoms with Crippen molar-refractivity contribution in [3.8, 4) is 11.8 Å². The van der Waals surface area contributed by atoms with Crippen LogP contribution >= 0.6 is 0 Å². The monoisotopic (exact) mass is 477 g/mol. The van der Waals surface area contributed by atoms with E-state index in [2.05, 4.69) is 16.4 Å². The number of carbonyl (C=O) groups is 1. The second-order valence-corrected chi connectivity index (χ2v) is 11.3. The van der Waals surface area contributed by atoms with Gasteiger partial charge < -0.3 is 4.90 Å². The first-order valence-electron chi connectivity index (χ1n) is 12.9. The van der Waals surface area contributed by atoms with Gasteiger partial charge in [-0.05, 0) is 104 Å². The fourth-order valence-corrected chi connectivity index (χ4v) is 7.31. The number of rotatable bonds is 6. The van der Waals surface area contributed by atoms with Gasteiger partial charge in [-0.3, -0.25) is 4.79 Å². The van der Waals surface area contributed by atoms with Crippen molar-refractivity contribution in [3.05, 3.63) is 77.1 Å². The lowest BCUT2D eigenvalue weighted by atomic mass is 9.49. The lowest BCUT2D eigenvalue weighted by Crippen LogP contribution is -2.49. The Morgan fingerprint density at radius 1 is 1.00 bits per heavy atom. The van der Waals surface area contributed by atoms with Gasteiger partial charge in [0.25, 0.3) is 0 Å². The third kappa shape index (κ3) is 3.93. The van der Waals surface area contributed by atoms with E-state index >= 15 is 0 Å². The van der Waals surface area contributed by atoms with Crippen LogP contribution in [0.25, 0.3) is 11.8 Å². The van der Waals surface area contributed by atoms with E-state index in [1.165, 1.54) is 44.2 Å². The Labute approximate surface area is 212 Å². The Morgan fingerprint density at radius 2 is 1.61 bits per heavy atom. The quantitative estimate of drug-likeness (QED) is 0.263. The largest absolute Gasteiger partial charge is 0.378 e. The second-order valence-electron chi connectivity index (χ2n) is 11.3. The van der Waals surface area contributed by atoms with Crippen LogP contribution in [-0.4, -0.2) is 34.9 Å². The van der Waals surface area contributed by atoms with Crippen LogP contribution < -0.4 is 4.90 Å². The lowest BCUT2D eigenvalue weighted by molar-refractivity contribution is -0.00828. The summed E-state index contributed by atoms with van der Waals surface area (Å²) in [7, 11) is 3.95. The maximum atomic E-state index is 13.1. The topological polar surface area (TPSA) is 74.8 Å². The minimum absolute atomic E-state index is 0.121. The molecule has 0 saturated heterocycles. The highest BCUT2D eigenvalue weighted by Crippen LogP contribution is 2.60. The van der Waals surface area contributed by atoms with Crippen molar-refractivity contribution in [2.24, 2.45) is 17.8 Å². The van der Waals surface area contributed by atoms with Gasteiger partial charge in [0.05, 0.1) is 17.6 Å². The Morgan fingerprint density at radius 3 is 2.17 bits per heavy atom. The number of carbonyl (C=O) groups excluding carboxylic acids is 1. The van der Waals surface area contributed by atoms with Crippen molar-refractivity contribution >= 4 is 17.5 Å². The highest BCUT2D eigenvalue weighted by molar-refractivity contribution is 6.14. The van der Waals surface area contributed by atoms with Crippen LogP contribution in [0.2, 0.25) is 0 Å². The van der Waals surface area contributed by atoms with E-state index in [0.717, 1.165) is 34.7 Å². The molecule has 0 aliphatic heterocycles. The number of anilines is 1.